The molecule has 3 nitrogen and oxygen atoms in total. The Morgan fingerprint density at radius 1 is 1.55 bits per heavy atom. The van der Waals surface area contributed by atoms with E-state index in [1.807, 2.05) is 5.32 Å². The fourth-order valence-corrected chi connectivity index (χ4v) is 0.863. The van der Waals surface area contributed by atoms with Gasteiger partial charge in [0.05, 0.1) is 6.04 Å². The summed E-state index contributed by atoms with van der Waals surface area (Å²) < 4.78 is 39.6. The minimum atomic E-state index is -4.47. The Balaban J connectivity index is 2.67. The SMILES string of the molecule is CC1NC(=O)OC1C(F)(F)F. The summed E-state index contributed by atoms with van der Waals surface area (Å²) >= 11 is 0. The Hall–Kier alpha value is -0.940. The number of hydrogen-bond donors (Lipinski definition) is 1. The maximum atomic E-state index is 11.9. The van der Waals surface area contributed by atoms with E-state index in [2.05, 4.69) is 4.74 Å². The zero-order valence-corrected chi connectivity index (χ0v) is 5.61. The summed E-state index contributed by atoms with van der Waals surface area (Å²) in [6, 6.07) is -0.998. The van der Waals surface area contributed by atoms with Gasteiger partial charge in [0.25, 0.3) is 0 Å². The molecule has 6 heteroatoms. The lowest BCUT2D eigenvalue weighted by atomic mass is 10.2. The van der Waals surface area contributed by atoms with Gasteiger partial charge in [-0.05, 0) is 6.92 Å². The van der Waals surface area contributed by atoms with E-state index in [0.29, 0.717) is 0 Å². The fraction of sp³-hybridized carbons (Fsp3) is 0.800. The molecular formula is C5H6F3NO2. The van der Waals surface area contributed by atoms with Gasteiger partial charge in [0, 0.05) is 0 Å². The first-order chi connectivity index (χ1) is 4.91. The predicted octanol–water partition coefficient (Wildman–Crippen LogP) is 1.05. The van der Waals surface area contributed by atoms with Crippen molar-refractivity contribution in [3.05, 3.63) is 0 Å². The summed E-state index contributed by atoms with van der Waals surface area (Å²) in [5, 5.41) is 1.99. The van der Waals surface area contributed by atoms with Gasteiger partial charge in [-0.2, -0.15) is 13.2 Å². The van der Waals surface area contributed by atoms with Gasteiger partial charge in [-0.15, -0.1) is 0 Å². The average molecular weight is 169 g/mol. The lowest BCUT2D eigenvalue weighted by Crippen LogP contribution is -2.38. The molecule has 0 bridgehead atoms. The lowest BCUT2D eigenvalue weighted by molar-refractivity contribution is -0.198. The van der Waals surface area contributed by atoms with Gasteiger partial charge in [0.1, 0.15) is 0 Å². The smallest absolute Gasteiger partial charge is 0.427 e. The van der Waals surface area contributed by atoms with E-state index >= 15 is 0 Å². The second-order valence-electron chi connectivity index (χ2n) is 2.30. The van der Waals surface area contributed by atoms with Crippen LogP contribution >= 0.6 is 0 Å². The number of alkyl carbamates (subject to hydrolysis) is 1. The Kier molecular flexibility index (Phi) is 1.69. The molecule has 11 heavy (non-hydrogen) atoms. The van der Waals surface area contributed by atoms with E-state index in [1.54, 1.807) is 0 Å². The number of halogens is 3. The topological polar surface area (TPSA) is 38.3 Å². The number of ether oxygens (including phenoxy) is 1. The highest BCUT2D eigenvalue weighted by molar-refractivity contribution is 5.70. The Morgan fingerprint density at radius 2 is 2.09 bits per heavy atom. The molecule has 2 unspecified atom stereocenters. The maximum absolute atomic E-state index is 11.9. The standard InChI is InChI=1S/C5H6F3NO2/c1-2-3(5(6,7)8)11-4(10)9-2/h2-3H,1H3,(H,9,10). The first-order valence-corrected chi connectivity index (χ1v) is 2.95. The zero-order valence-electron chi connectivity index (χ0n) is 5.61. The second-order valence-corrected chi connectivity index (χ2v) is 2.30. The molecule has 0 aromatic rings. The summed E-state index contributed by atoms with van der Waals surface area (Å²) in [5.41, 5.74) is 0. The van der Waals surface area contributed by atoms with E-state index in [9.17, 15) is 18.0 Å². The summed E-state index contributed by atoms with van der Waals surface area (Å²) in [5.74, 6) is 0. The molecule has 0 aromatic carbocycles. The van der Waals surface area contributed by atoms with E-state index in [-0.39, 0.29) is 0 Å². The molecule has 0 aromatic heterocycles. The van der Waals surface area contributed by atoms with Gasteiger partial charge >= 0.3 is 12.3 Å². The minimum Gasteiger partial charge on any atom is -0.434 e. The van der Waals surface area contributed by atoms with Crippen molar-refractivity contribution in [3.8, 4) is 0 Å². The second kappa shape index (κ2) is 2.28. The normalized spacial score (nSPS) is 31.5. The molecular weight excluding hydrogens is 163 g/mol. The highest BCUT2D eigenvalue weighted by Gasteiger charge is 2.50. The van der Waals surface area contributed by atoms with Crippen molar-refractivity contribution in [1.29, 1.82) is 0 Å². The highest BCUT2D eigenvalue weighted by atomic mass is 19.4. The van der Waals surface area contributed by atoms with Gasteiger partial charge in [-0.25, -0.2) is 4.79 Å². The first-order valence-electron chi connectivity index (χ1n) is 2.95. The van der Waals surface area contributed by atoms with Crippen LogP contribution in [0.3, 0.4) is 0 Å². The molecule has 0 radical (unpaired) electrons. The van der Waals surface area contributed by atoms with E-state index < -0.39 is 24.4 Å². The molecule has 0 aliphatic carbocycles. The molecule has 0 spiro atoms. The summed E-state index contributed by atoms with van der Waals surface area (Å²) in [4.78, 5) is 10.3. The quantitative estimate of drug-likeness (QED) is 0.588. The molecule has 1 fully saturated rings. The van der Waals surface area contributed by atoms with Crippen LogP contribution < -0.4 is 5.32 Å². The predicted molar refractivity (Wildman–Crippen MR) is 28.9 cm³/mol. The van der Waals surface area contributed by atoms with Crippen molar-refractivity contribution in [3.63, 3.8) is 0 Å². The average Bonchev–Trinajstić information content (AvgIpc) is 2.08. The van der Waals surface area contributed by atoms with Gasteiger partial charge in [-0.3, -0.25) is 0 Å². The van der Waals surface area contributed by atoms with Crippen LogP contribution in [0.5, 0.6) is 0 Å². The van der Waals surface area contributed by atoms with Crippen LogP contribution in [0.1, 0.15) is 6.92 Å². The molecule has 1 N–H and O–H groups in total. The van der Waals surface area contributed by atoms with Crippen molar-refractivity contribution in [2.45, 2.75) is 25.2 Å². The maximum Gasteiger partial charge on any atom is 0.427 e. The van der Waals surface area contributed by atoms with Crippen molar-refractivity contribution < 1.29 is 22.7 Å². The Bertz CT molecular complexity index is 179. The number of cyclic esters (lactones) is 1. The van der Waals surface area contributed by atoms with Crippen LogP contribution in [0.25, 0.3) is 0 Å². The van der Waals surface area contributed by atoms with E-state index in [4.69, 9.17) is 0 Å². The number of hydrogen-bond acceptors (Lipinski definition) is 2. The summed E-state index contributed by atoms with van der Waals surface area (Å²) in [6.07, 6.45) is -7.49. The molecule has 0 saturated carbocycles. The zero-order chi connectivity index (χ0) is 8.65. The first kappa shape index (κ1) is 8.16. The van der Waals surface area contributed by atoms with Crippen LogP contribution in [-0.2, 0) is 4.74 Å². The number of amides is 1. The molecule has 1 heterocycles. The lowest BCUT2D eigenvalue weighted by Gasteiger charge is -2.15. The summed E-state index contributed by atoms with van der Waals surface area (Å²) in [7, 11) is 0. The number of nitrogens with one attached hydrogen (secondary N) is 1. The molecule has 64 valence electrons. The summed E-state index contributed by atoms with van der Waals surface area (Å²) in [6.45, 7) is 1.24. The number of rotatable bonds is 0. The monoisotopic (exact) mass is 169 g/mol. The third kappa shape index (κ3) is 1.55. The molecule has 1 aliphatic rings. The molecule has 1 rings (SSSR count). The highest BCUT2D eigenvalue weighted by Crippen LogP contribution is 2.28. The molecule has 1 saturated heterocycles. The molecule has 1 aliphatic heterocycles. The van der Waals surface area contributed by atoms with E-state index in [1.165, 1.54) is 6.92 Å². The van der Waals surface area contributed by atoms with Gasteiger partial charge < -0.3 is 10.1 Å². The number of carbonyl (C=O) groups is 1. The third-order valence-electron chi connectivity index (χ3n) is 1.36. The Morgan fingerprint density at radius 3 is 2.27 bits per heavy atom. The molecule has 1 amide bonds. The Labute approximate surface area is 60.5 Å². The van der Waals surface area contributed by atoms with Crippen LogP contribution in [0.15, 0.2) is 0 Å². The van der Waals surface area contributed by atoms with Crippen molar-refractivity contribution in [2.24, 2.45) is 0 Å². The van der Waals surface area contributed by atoms with E-state index in [0.717, 1.165) is 0 Å². The fourth-order valence-electron chi connectivity index (χ4n) is 0.863. The number of alkyl halides is 3. The minimum absolute atomic E-state index is 0.998. The molecule has 2 atom stereocenters. The van der Waals surface area contributed by atoms with Crippen molar-refractivity contribution in [1.82, 2.24) is 5.32 Å². The van der Waals surface area contributed by atoms with Gasteiger partial charge in [0.15, 0.2) is 0 Å². The van der Waals surface area contributed by atoms with Crippen molar-refractivity contribution >= 4 is 6.09 Å². The number of carbonyl (C=O) groups excluding carboxylic acids is 1. The van der Waals surface area contributed by atoms with Gasteiger partial charge in [-0.1, -0.05) is 0 Å². The van der Waals surface area contributed by atoms with Crippen LogP contribution in [0, 0.1) is 0 Å². The largest absolute Gasteiger partial charge is 0.434 e. The van der Waals surface area contributed by atoms with Crippen LogP contribution in [-0.4, -0.2) is 24.4 Å². The van der Waals surface area contributed by atoms with Crippen LogP contribution in [0.2, 0.25) is 0 Å². The third-order valence-corrected chi connectivity index (χ3v) is 1.36. The van der Waals surface area contributed by atoms with Crippen LogP contribution in [0.4, 0.5) is 18.0 Å². The van der Waals surface area contributed by atoms with Crippen molar-refractivity contribution in [2.75, 3.05) is 0 Å². The van der Waals surface area contributed by atoms with Gasteiger partial charge in [0.2, 0.25) is 6.10 Å².